The molecule has 1 saturated heterocycles. The van der Waals surface area contributed by atoms with Gasteiger partial charge < -0.3 is 10.1 Å². The molecule has 0 aromatic carbocycles. The standard InChI is InChI=1S/C13H22N2OS/c1-11-10-16-12(2)9-15(11)6-5-14-8-13-4-3-7-17-13/h3-4,7,11-12,14H,5-6,8-10H2,1-2H3. The first kappa shape index (κ1) is 13.0. The van der Waals surface area contributed by atoms with Crippen LogP contribution in [0.2, 0.25) is 0 Å². The third-order valence-electron chi connectivity index (χ3n) is 3.19. The van der Waals surface area contributed by atoms with Gasteiger partial charge >= 0.3 is 0 Å². The van der Waals surface area contributed by atoms with Gasteiger partial charge in [-0.25, -0.2) is 0 Å². The van der Waals surface area contributed by atoms with Crippen molar-refractivity contribution < 1.29 is 4.74 Å². The van der Waals surface area contributed by atoms with Gasteiger partial charge in [0.1, 0.15) is 0 Å². The molecule has 3 nitrogen and oxygen atoms in total. The lowest BCUT2D eigenvalue weighted by molar-refractivity contribution is -0.0486. The topological polar surface area (TPSA) is 24.5 Å². The molecule has 1 aliphatic heterocycles. The maximum absolute atomic E-state index is 5.63. The number of nitrogens with one attached hydrogen (secondary N) is 1. The molecule has 96 valence electrons. The zero-order valence-corrected chi connectivity index (χ0v) is 11.5. The first-order valence-electron chi connectivity index (χ1n) is 6.34. The van der Waals surface area contributed by atoms with Crippen molar-refractivity contribution in [2.24, 2.45) is 0 Å². The summed E-state index contributed by atoms with van der Waals surface area (Å²) in [6.07, 6.45) is 0.378. The van der Waals surface area contributed by atoms with Crippen LogP contribution < -0.4 is 5.32 Å². The summed E-state index contributed by atoms with van der Waals surface area (Å²) in [4.78, 5) is 3.92. The molecule has 0 bridgehead atoms. The number of thiophene rings is 1. The first-order valence-corrected chi connectivity index (χ1v) is 7.22. The average Bonchev–Trinajstić information content (AvgIpc) is 2.82. The summed E-state index contributed by atoms with van der Waals surface area (Å²) < 4.78 is 5.63. The van der Waals surface area contributed by atoms with Gasteiger partial charge in [-0.15, -0.1) is 11.3 Å². The molecule has 2 rings (SSSR count). The molecule has 1 aromatic rings. The fourth-order valence-corrected chi connectivity index (χ4v) is 2.81. The van der Waals surface area contributed by atoms with Crippen molar-refractivity contribution in [1.29, 1.82) is 0 Å². The van der Waals surface area contributed by atoms with Crippen LogP contribution in [0.5, 0.6) is 0 Å². The molecule has 1 aliphatic rings. The molecule has 2 unspecified atom stereocenters. The van der Waals surface area contributed by atoms with E-state index in [-0.39, 0.29) is 0 Å². The monoisotopic (exact) mass is 254 g/mol. The normalized spacial score (nSPS) is 26.2. The Kier molecular flexibility index (Phi) is 4.98. The lowest BCUT2D eigenvalue weighted by Crippen LogP contribution is -2.49. The second-order valence-electron chi connectivity index (χ2n) is 4.74. The molecule has 1 fully saturated rings. The van der Waals surface area contributed by atoms with Crippen LogP contribution in [0, 0.1) is 0 Å². The molecule has 1 aromatic heterocycles. The Morgan fingerprint density at radius 2 is 2.41 bits per heavy atom. The molecule has 1 N–H and O–H groups in total. The van der Waals surface area contributed by atoms with Gasteiger partial charge in [-0.1, -0.05) is 6.07 Å². The number of ether oxygens (including phenoxy) is 1. The summed E-state index contributed by atoms with van der Waals surface area (Å²) in [6.45, 7) is 9.47. The SMILES string of the molecule is CC1CN(CCNCc2cccs2)C(C)CO1. The van der Waals surface area contributed by atoms with Gasteiger partial charge in [0.15, 0.2) is 0 Å². The Hall–Kier alpha value is -0.420. The van der Waals surface area contributed by atoms with Crippen LogP contribution in [0.3, 0.4) is 0 Å². The maximum Gasteiger partial charge on any atom is 0.0674 e. The molecule has 4 heteroatoms. The highest BCUT2D eigenvalue weighted by molar-refractivity contribution is 7.09. The Morgan fingerprint density at radius 1 is 1.53 bits per heavy atom. The predicted molar refractivity (Wildman–Crippen MR) is 72.5 cm³/mol. The largest absolute Gasteiger partial charge is 0.376 e. The van der Waals surface area contributed by atoms with Crippen LogP contribution in [0.15, 0.2) is 17.5 Å². The zero-order chi connectivity index (χ0) is 12.1. The van der Waals surface area contributed by atoms with Crippen molar-refractivity contribution in [3.8, 4) is 0 Å². The molecule has 0 spiro atoms. The van der Waals surface area contributed by atoms with Crippen molar-refractivity contribution >= 4 is 11.3 Å². The molecule has 0 aliphatic carbocycles. The van der Waals surface area contributed by atoms with Crippen LogP contribution in [-0.2, 0) is 11.3 Å². The number of nitrogens with zero attached hydrogens (tertiary/aromatic N) is 1. The van der Waals surface area contributed by atoms with Gasteiger partial charge in [-0.2, -0.15) is 0 Å². The van der Waals surface area contributed by atoms with E-state index >= 15 is 0 Å². The number of rotatable bonds is 5. The van der Waals surface area contributed by atoms with Crippen LogP contribution in [0.25, 0.3) is 0 Å². The second-order valence-corrected chi connectivity index (χ2v) is 5.78. The van der Waals surface area contributed by atoms with E-state index in [1.54, 1.807) is 0 Å². The maximum atomic E-state index is 5.63. The van der Waals surface area contributed by atoms with E-state index in [9.17, 15) is 0 Å². The molecule has 0 saturated carbocycles. The van der Waals surface area contributed by atoms with E-state index < -0.39 is 0 Å². The highest BCUT2D eigenvalue weighted by Gasteiger charge is 2.22. The van der Waals surface area contributed by atoms with E-state index in [1.807, 2.05) is 11.3 Å². The van der Waals surface area contributed by atoms with Gasteiger partial charge in [0.25, 0.3) is 0 Å². The molecular weight excluding hydrogens is 232 g/mol. The van der Waals surface area contributed by atoms with Gasteiger partial charge in [-0.3, -0.25) is 4.90 Å². The second kappa shape index (κ2) is 6.50. The van der Waals surface area contributed by atoms with Gasteiger partial charge in [0, 0.05) is 37.1 Å². The molecule has 2 atom stereocenters. The lowest BCUT2D eigenvalue weighted by Gasteiger charge is -2.36. The Bertz CT molecular complexity index is 315. The summed E-state index contributed by atoms with van der Waals surface area (Å²) in [5.41, 5.74) is 0. The van der Waals surface area contributed by atoms with E-state index in [4.69, 9.17) is 4.74 Å². The van der Waals surface area contributed by atoms with Crippen LogP contribution in [-0.4, -0.2) is 43.3 Å². The van der Waals surface area contributed by atoms with Gasteiger partial charge in [-0.05, 0) is 25.3 Å². The highest BCUT2D eigenvalue weighted by Crippen LogP contribution is 2.10. The molecule has 17 heavy (non-hydrogen) atoms. The molecule has 2 heterocycles. The van der Waals surface area contributed by atoms with E-state index in [0.717, 1.165) is 32.8 Å². The number of morpholine rings is 1. The van der Waals surface area contributed by atoms with Gasteiger partial charge in [0.05, 0.1) is 12.7 Å². The summed E-state index contributed by atoms with van der Waals surface area (Å²) in [6, 6.07) is 4.83. The Balaban J connectivity index is 1.64. The fourth-order valence-electron chi connectivity index (χ4n) is 2.13. The number of hydrogen-bond acceptors (Lipinski definition) is 4. The first-order chi connectivity index (χ1) is 8.25. The summed E-state index contributed by atoms with van der Waals surface area (Å²) in [5, 5.41) is 5.63. The summed E-state index contributed by atoms with van der Waals surface area (Å²) >= 11 is 1.81. The quantitative estimate of drug-likeness (QED) is 0.813. The van der Waals surface area contributed by atoms with E-state index in [2.05, 4.69) is 41.6 Å². The van der Waals surface area contributed by atoms with Crippen molar-refractivity contribution in [2.45, 2.75) is 32.5 Å². The molecular formula is C13H22N2OS. The zero-order valence-electron chi connectivity index (χ0n) is 10.7. The van der Waals surface area contributed by atoms with Crippen LogP contribution >= 0.6 is 11.3 Å². The average molecular weight is 254 g/mol. The van der Waals surface area contributed by atoms with Crippen LogP contribution in [0.1, 0.15) is 18.7 Å². The predicted octanol–water partition coefficient (Wildman–Crippen LogP) is 1.95. The number of hydrogen-bond donors (Lipinski definition) is 1. The third kappa shape index (κ3) is 4.07. The van der Waals surface area contributed by atoms with Gasteiger partial charge in [0.2, 0.25) is 0 Å². The summed E-state index contributed by atoms with van der Waals surface area (Å²) in [7, 11) is 0. The van der Waals surface area contributed by atoms with E-state index in [1.165, 1.54) is 4.88 Å². The van der Waals surface area contributed by atoms with Crippen molar-refractivity contribution in [2.75, 3.05) is 26.2 Å². The lowest BCUT2D eigenvalue weighted by atomic mass is 10.2. The highest BCUT2D eigenvalue weighted by atomic mass is 32.1. The Labute approximate surface area is 108 Å². The smallest absolute Gasteiger partial charge is 0.0674 e. The molecule has 0 amide bonds. The minimum absolute atomic E-state index is 0.378. The minimum atomic E-state index is 0.378. The van der Waals surface area contributed by atoms with Crippen molar-refractivity contribution in [3.63, 3.8) is 0 Å². The van der Waals surface area contributed by atoms with E-state index in [0.29, 0.717) is 12.1 Å². The molecule has 0 radical (unpaired) electrons. The van der Waals surface area contributed by atoms with Crippen molar-refractivity contribution in [1.82, 2.24) is 10.2 Å². The minimum Gasteiger partial charge on any atom is -0.376 e. The fraction of sp³-hybridized carbons (Fsp3) is 0.692. The summed E-state index contributed by atoms with van der Waals surface area (Å²) in [5.74, 6) is 0. The van der Waals surface area contributed by atoms with Crippen LogP contribution in [0.4, 0.5) is 0 Å². The van der Waals surface area contributed by atoms with Crippen molar-refractivity contribution in [3.05, 3.63) is 22.4 Å². The third-order valence-corrected chi connectivity index (χ3v) is 4.07. The Morgan fingerprint density at radius 3 is 3.18 bits per heavy atom.